The number of ether oxygens (including phenoxy) is 1. The van der Waals surface area contributed by atoms with Crippen molar-refractivity contribution in [1.82, 2.24) is 0 Å². The van der Waals surface area contributed by atoms with Crippen molar-refractivity contribution in [2.24, 2.45) is 5.73 Å². The first kappa shape index (κ1) is 41.6. The van der Waals surface area contributed by atoms with Crippen LogP contribution in [0.25, 0.3) is 0 Å². The predicted octanol–water partition coefficient (Wildman–Crippen LogP) is 1.24. The van der Waals surface area contributed by atoms with Gasteiger partial charge in [0.2, 0.25) is 0 Å². The van der Waals surface area contributed by atoms with Gasteiger partial charge in [0.05, 0.1) is 6.61 Å². The van der Waals surface area contributed by atoms with Crippen LogP contribution in [0.1, 0.15) is 34.6 Å². The summed E-state index contributed by atoms with van der Waals surface area (Å²) in [5.41, 5.74) is 5.25. The Morgan fingerprint density at radius 1 is 0.645 bits per heavy atom. The maximum absolute atomic E-state index is 9.60. The van der Waals surface area contributed by atoms with Crippen molar-refractivity contribution in [3.05, 3.63) is 48.6 Å². The second-order valence-electron chi connectivity index (χ2n) is 5.09. The van der Waals surface area contributed by atoms with E-state index in [-0.39, 0.29) is 33.3 Å². The summed E-state index contributed by atoms with van der Waals surface area (Å²) in [6.45, 7) is 20.5. The van der Waals surface area contributed by atoms with Gasteiger partial charge in [-0.3, -0.25) is 0 Å². The summed E-state index contributed by atoms with van der Waals surface area (Å²) in [4.78, 5) is 48.0. The highest BCUT2D eigenvalue weighted by atomic mass is 28.1. The van der Waals surface area contributed by atoms with E-state index in [1.807, 2.05) is 0 Å². The Labute approximate surface area is 186 Å². The van der Waals surface area contributed by atoms with Gasteiger partial charge in [0.1, 0.15) is 0 Å². The first-order chi connectivity index (χ1) is 13.3. The lowest BCUT2D eigenvalue weighted by Gasteiger charge is -1.89. The van der Waals surface area contributed by atoms with E-state index in [1.165, 1.54) is 27.7 Å². The smallest absolute Gasteiger partial charge is 0.404 e. The largest absolute Gasteiger partial charge is 0.478 e. The number of carbonyl (C=O) groups excluding carboxylic acids is 1. The third-order valence-electron chi connectivity index (χ3n) is 1.75. The van der Waals surface area contributed by atoms with Crippen molar-refractivity contribution in [2.45, 2.75) is 34.6 Å². The Morgan fingerprint density at radius 2 is 0.774 bits per heavy atom. The number of hydrogen-bond acceptors (Lipinski definition) is 6. The molecule has 0 aliphatic rings. The van der Waals surface area contributed by atoms with Crippen molar-refractivity contribution in [3.8, 4) is 0 Å². The molecule has 12 heteroatoms. The van der Waals surface area contributed by atoms with Crippen LogP contribution in [0.2, 0.25) is 0 Å². The van der Waals surface area contributed by atoms with Crippen molar-refractivity contribution in [2.75, 3.05) is 6.61 Å². The third-order valence-corrected chi connectivity index (χ3v) is 1.75. The number of carboxylic acid groups (broad SMARTS) is 4. The number of rotatable bonds is 5. The van der Waals surface area contributed by atoms with Crippen LogP contribution >= 0.6 is 0 Å². The zero-order chi connectivity index (χ0) is 25.6. The molecule has 0 aromatic carbocycles. The Balaban J connectivity index is -0.0000000625. The van der Waals surface area contributed by atoms with Gasteiger partial charge in [0.25, 0.3) is 0 Å². The van der Waals surface area contributed by atoms with Crippen LogP contribution in [-0.2, 0) is 23.9 Å². The number of hydrogen-bond donors (Lipinski definition) is 5. The number of aliphatic carboxylic acids is 4. The van der Waals surface area contributed by atoms with Crippen LogP contribution < -0.4 is 5.73 Å². The minimum Gasteiger partial charge on any atom is -0.478 e. The second kappa shape index (κ2) is 26.3. The number of primary amides is 1. The fourth-order valence-electron chi connectivity index (χ4n) is 0.142. The van der Waals surface area contributed by atoms with Gasteiger partial charge in [-0.05, 0) is 45.6 Å². The van der Waals surface area contributed by atoms with Crippen LogP contribution in [0.5, 0.6) is 0 Å². The first-order valence-electron chi connectivity index (χ1n) is 7.82. The maximum atomic E-state index is 9.60. The number of carboxylic acids is 4. The van der Waals surface area contributed by atoms with E-state index in [0.717, 1.165) is 0 Å². The molecule has 0 rings (SSSR count). The molecule has 0 fully saturated rings. The van der Waals surface area contributed by atoms with Crippen LogP contribution in [0.15, 0.2) is 48.6 Å². The Hall–Kier alpha value is -3.67. The van der Waals surface area contributed by atoms with E-state index in [2.05, 4.69) is 36.8 Å². The maximum Gasteiger partial charge on any atom is 0.404 e. The summed E-state index contributed by atoms with van der Waals surface area (Å²) in [6, 6.07) is 0. The molecule has 1 amide bonds. The van der Waals surface area contributed by atoms with Crippen LogP contribution in [0, 0.1) is 0 Å². The highest BCUT2D eigenvalue weighted by molar-refractivity contribution is 5.85. The van der Waals surface area contributed by atoms with Crippen molar-refractivity contribution in [3.63, 3.8) is 0 Å². The quantitative estimate of drug-likeness (QED) is 0.290. The van der Waals surface area contributed by atoms with E-state index in [0.29, 0.717) is 6.61 Å². The zero-order valence-corrected chi connectivity index (χ0v) is 17.9. The molecule has 6 N–H and O–H groups in total. The fourth-order valence-corrected chi connectivity index (χ4v) is 0.142. The summed E-state index contributed by atoms with van der Waals surface area (Å²) in [5, 5.41) is 31.6. The molecule has 0 saturated heterocycles. The molecular weight excluding hydrogens is 430 g/mol. The van der Waals surface area contributed by atoms with Crippen LogP contribution in [-0.4, -0.2) is 68.0 Å². The van der Waals surface area contributed by atoms with Crippen LogP contribution in [0.3, 0.4) is 0 Å². The Bertz CT molecular complexity index is 510. The van der Waals surface area contributed by atoms with Gasteiger partial charge >= 0.3 is 30.0 Å². The standard InChI is InChI=1S/4C4H6O2.C3H7NO2.H4Si/c4*1-3(2)4(5)6;1-2-6-3(4)5;/h4*1H2,2H3,(H,5,6);2H2,1H3,(H2,4,5);1H4. The number of amides is 1. The summed E-state index contributed by atoms with van der Waals surface area (Å²) in [6.07, 6.45) is -0.711. The van der Waals surface area contributed by atoms with Crippen molar-refractivity contribution in [1.29, 1.82) is 0 Å². The van der Waals surface area contributed by atoms with E-state index in [4.69, 9.17) is 20.4 Å². The fraction of sp³-hybridized carbons (Fsp3) is 0.316. The summed E-state index contributed by atoms with van der Waals surface area (Å²) in [7, 11) is 0. The van der Waals surface area contributed by atoms with Crippen molar-refractivity contribution >= 4 is 40.9 Å². The Kier molecular flexibility index (Phi) is 35.4. The molecule has 11 nitrogen and oxygen atoms in total. The van der Waals surface area contributed by atoms with Gasteiger partial charge < -0.3 is 30.9 Å². The van der Waals surface area contributed by atoms with Crippen molar-refractivity contribution < 1.29 is 49.1 Å². The average molecular weight is 466 g/mol. The molecule has 0 spiro atoms. The molecule has 180 valence electrons. The molecule has 0 heterocycles. The molecule has 0 aromatic rings. The molecule has 0 aliphatic carbocycles. The molecule has 0 aromatic heterocycles. The van der Waals surface area contributed by atoms with Gasteiger partial charge in [0, 0.05) is 22.3 Å². The highest BCUT2D eigenvalue weighted by Gasteiger charge is 1.91. The Morgan fingerprint density at radius 3 is 0.774 bits per heavy atom. The first-order valence-corrected chi connectivity index (χ1v) is 7.82. The third kappa shape index (κ3) is 66.3. The molecule has 0 saturated carbocycles. The molecular formula is C19H35NO10Si. The minimum atomic E-state index is -0.935. The molecule has 0 unspecified atom stereocenters. The predicted molar refractivity (Wildman–Crippen MR) is 122 cm³/mol. The summed E-state index contributed by atoms with van der Waals surface area (Å²) in [5.74, 6) is -3.74. The highest BCUT2D eigenvalue weighted by Crippen LogP contribution is 1.82. The lowest BCUT2D eigenvalue weighted by atomic mass is 10.4. The van der Waals surface area contributed by atoms with E-state index in [1.54, 1.807) is 6.92 Å². The molecule has 0 radical (unpaired) electrons. The van der Waals surface area contributed by atoms with Gasteiger partial charge in [-0.2, -0.15) is 0 Å². The van der Waals surface area contributed by atoms with E-state index in [9.17, 15) is 24.0 Å². The van der Waals surface area contributed by atoms with E-state index < -0.39 is 30.0 Å². The molecule has 0 atom stereocenters. The summed E-state index contributed by atoms with van der Waals surface area (Å²) >= 11 is 0. The average Bonchev–Trinajstić information content (AvgIpc) is 2.56. The number of carbonyl (C=O) groups is 5. The van der Waals surface area contributed by atoms with Gasteiger partial charge in [-0.1, -0.05) is 26.3 Å². The molecule has 0 aliphatic heterocycles. The van der Waals surface area contributed by atoms with Crippen LogP contribution in [0.4, 0.5) is 4.79 Å². The normalized spacial score (nSPS) is 7.26. The van der Waals surface area contributed by atoms with Gasteiger partial charge in [-0.25, -0.2) is 24.0 Å². The van der Waals surface area contributed by atoms with Gasteiger partial charge in [-0.15, -0.1) is 0 Å². The monoisotopic (exact) mass is 465 g/mol. The number of nitrogens with two attached hydrogens (primary N) is 1. The SMILES string of the molecule is C=C(C)C(=O)O.C=C(C)C(=O)O.C=C(C)C(=O)O.C=C(C)C(=O)O.CCOC(N)=O.[SiH4]. The van der Waals surface area contributed by atoms with Gasteiger partial charge in [0.15, 0.2) is 0 Å². The lowest BCUT2D eigenvalue weighted by Crippen LogP contribution is -2.11. The topological polar surface area (TPSA) is 202 Å². The zero-order valence-electron chi connectivity index (χ0n) is 17.9. The van der Waals surface area contributed by atoms with E-state index >= 15 is 0 Å². The minimum absolute atomic E-state index is 0. The molecule has 31 heavy (non-hydrogen) atoms. The summed E-state index contributed by atoms with van der Waals surface area (Å²) < 4.78 is 4.18. The lowest BCUT2D eigenvalue weighted by molar-refractivity contribution is -0.133. The molecule has 0 bridgehead atoms. The second-order valence-corrected chi connectivity index (χ2v) is 5.09.